The molecule has 2 heterocycles. The molecule has 2 aliphatic rings. The van der Waals surface area contributed by atoms with Crippen LogP contribution in [0.4, 0.5) is 5.69 Å². The average Bonchev–Trinajstić information content (AvgIpc) is 2.87. The van der Waals surface area contributed by atoms with E-state index in [0.29, 0.717) is 54.9 Å². The Kier molecular flexibility index (Phi) is 6.88. The lowest BCUT2D eigenvalue weighted by Gasteiger charge is -2.39. The van der Waals surface area contributed by atoms with Crippen molar-refractivity contribution in [2.75, 3.05) is 52.3 Å². The first-order valence-corrected chi connectivity index (χ1v) is 10.9. The number of anilines is 1. The van der Waals surface area contributed by atoms with Crippen LogP contribution in [0.3, 0.4) is 0 Å². The van der Waals surface area contributed by atoms with E-state index in [1.54, 1.807) is 43.4 Å². The standard InChI is InChI=1S/C24H29N3O6/c1-16(23(28)25-17-12-18(30-2)14-19(13-17)31-3)26-8-10-27(11-9-26)24(29)22-15-32-20-6-4-5-7-21(20)33-22/h4-7,12-14,16,22H,8-11,15H2,1-3H3,(H,25,28)/t16-,22+/m0/s1. The number of piperazine rings is 1. The van der Waals surface area contributed by atoms with Crippen molar-refractivity contribution in [2.24, 2.45) is 0 Å². The Hall–Kier alpha value is -3.46. The summed E-state index contributed by atoms with van der Waals surface area (Å²) in [4.78, 5) is 29.6. The lowest BCUT2D eigenvalue weighted by molar-refractivity contribution is -0.143. The molecule has 176 valence electrons. The third kappa shape index (κ3) is 5.14. The van der Waals surface area contributed by atoms with E-state index in [-0.39, 0.29) is 24.5 Å². The second-order valence-electron chi connectivity index (χ2n) is 7.99. The predicted molar refractivity (Wildman–Crippen MR) is 122 cm³/mol. The summed E-state index contributed by atoms with van der Waals surface area (Å²) < 4.78 is 22.0. The van der Waals surface area contributed by atoms with Gasteiger partial charge in [0.15, 0.2) is 11.5 Å². The minimum Gasteiger partial charge on any atom is -0.497 e. The van der Waals surface area contributed by atoms with E-state index in [2.05, 4.69) is 10.2 Å². The first kappa shape index (κ1) is 22.7. The highest BCUT2D eigenvalue weighted by Gasteiger charge is 2.34. The molecule has 1 fully saturated rings. The molecular weight excluding hydrogens is 426 g/mol. The molecule has 2 aromatic rings. The van der Waals surface area contributed by atoms with Crippen LogP contribution in [-0.2, 0) is 9.59 Å². The van der Waals surface area contributed by atoms with Gasteiger partial charge in [0, 0.05) is 50.1 Å². The number of benzene rings is 2. The molecule has 0 saturated carbocycles. The van der Waals surface area contributed by atoms with Gasteiger partial charge in [0.1, 0.15) is 18.1 Å². The van der Waals surface area contributed by atoms with E-state index < -0.39 is 6.10 Å². The molecule has 4 rings (SSSR count). The van der Waals surface area contributed by atoms with Gasteiger partial charge in [0.25, 0.3) is 5.91 Å². The molecule has 9 nitrogen and oxygen atoms in total. The smallest absolute Gasteiger partial charge is 0.267 e. The minimum atomic E-state index is -0.657. The van der Waals surface area contributed by atoms with Crippen LogP contribution in [0.15, 0.2) is 42.5 Å². The molecule has 0 spiro atoms. The second-order valence-corrected chi connectivity index (χ2v) is 7.99. The fourth-order valence-corrected chi connectivity index (χ4v) is 3.97. The van der Waals surface area contributed by atoms with Crippen molar-refractivity contribution in [1.29, 1.82) is 0 Å². The number of fused-ring (bicyclic) bond motifs is 1. The molecule has 2 amide bonds. The number of ether oxygens (including phenoxy) is 4. The summed E-state index contributed by atoms with van der Waals surface area (Å²) in [7, 11) is 3.13. The number of nitrogens with zero attached hydrogens (tertiary/aromatic N) is 2. The Bertz CT molecular complexity index is 983. The average molecular weight is 456 g/mol. The molecule has 2 atom stereocenters. The van der Waals surface area contributed by atoms with Crippen LogP contribution in [0.5, 0.6) is 23.0 Å². The first-order chi connectivity index (χ1) is 16.0. The van der Waals surface area contributed by atoms with Gasteiger partial charge in [-0.1, -0.05) is 12.1 Å². The number of hydrogen-bond acceptors (Lipinski definition) is 7. The van der Waals surface area contributed by atoms with Crippen LogP contribution in [0.1, 0.15) is 6.92 Å². The lowest BCUT2D eigenvalue weighted by atomic mass is 10.2. The molecule has 0 aliphatic carbocycles. The number of methoxy groups -OCH3 is 2. The predicted octanol–water partition coefficient (Wildman–Crippen LogP) is 2.01. The van der Waals surface area contributed by atoms with Gasteiger partial charge in [-0.25, -0.2) is 0 Å². The maximum absolute atomic E-state index is 12.9. The first-order valence-electron chi connectivity index (χ1n) is 10.9. The summed E-state index contributed by atoms with van der Waals surface area (Å²) in [6.45, 7) is 4.27. The van der Waals surface area contributed by atoms with E-state index in [1.807, 2.05) is 25.1 Å². The third-order valence-electron chi connectivity index (χ3n) is 5.96. The second kappa shape index (κ2) is 9.99. The zero-order chi connectivity index (χ0) is 23.4. The van der Waals surface area contributed by atoms with Gasteiger partial charge in [-0.15, -0.1) is 0 Å². The summed E-state index contributed by atoms with van der Waals surface area (Å²) in [6.07, 6.45) is -0.657. The maximum Gasteiger partial charge on any atom is 0.267 e. The minimum absolute atomic E-state index is 0.0928. The number of hydrogen-bond donors (Lipinski definition) is 1. The molecule has 0 unspecified atom stereocenters. The van der Waals surface area contributed by atoms with Crippen LogP contribution in [0.25, 0.3) is 0 Å². The van der Waals surface area contributed by atoms with Crippen LogP contribution in [0.2, 0.25) is 0 Å². The van der Waals surface area contributed by atoms with Gasteiger partial charge in [-0.2, -0.15) is 0 Å². The molecular formula is C24H29N3O6. The van der Waals surface area contributed by atoms with Gasteiger partial charge in [-0.3, -0.25) is 14.5 Å². The van der Waals surface area contributed by atoms with Crippen LogP contribution < -0.4 is 24.3 Å². The van der Waals surface area contributed by atoms with Crippen LogP contribution >= 0.6 is 0 Å². The molecule has 0 aromatic heterocycles. The SMILES string of the molecule is COc1cc(NC(=O)[C@H](C)N2CCN(C(=O)[C@H]3COc4ccccc4O3)CC2)cc(OC)c1. The molecule has 1 N–H and O–H groups in total. The number of nitrogens with one attached hydrogen (secondary N) is 1. The summed E-state index contributed by atoms with van der Waals surface area (Å²) in [5.41, 5.74) is 0.603. The number of amides is 2. The highest BCUT2D eigenvalue weighted by molar-refractivity contribution is 5.95. The topological polar surface area (TPSA) is 89.6 Å². The molecule has 1 saturated heterocycles. The van der Waals surface area contributed by atoms with Crippen molar-refractivity contribution in [3.63, 3.8) is 0 Å². The fraction of sp³-hybridized carbons (Fsp3) is 0.417. The normalized spacial score (nSPS) is 18.9. The number of rotatable bonds is 6. The van der Waals surface area contributed by atoms with Gasteiger partial charge in [0.2, 0.25) is 12.0 Å². The highest BCUT2D eigenvalue weighted by Crippen LogP contribution is 2.31. The fourth-order valence-electron chi connectivity index (χ4n) is 3.97. The van der Waals surface area contributed by atoms with Crippen molar-refractivity contribution in [3.8, 4) is 23.0 Å². The van der Waals surface area contributed by atoms with E-state index in [4.69, 9.17) is 18.9 Å². The van der Waals surface area contributed by atoms with Gasteiger partial charge in [0.05, 0.1) is 20.3 Å². The van der Waals surface area contributed by atoms with Crippen LogP contribution in [0, 0.1) is 0 Å². The highest BCUT2D eigenvalue weighted by atomic mass is 16.6. The van der Waals surface area contributed by atoms with Gasteiger partial charge in [-0.05, 0) is 19.1 Å². The van der Waals surface area contributed by atoms with Crippen molar-refractivity contribution in [1.82, 2.24) is 9.80 Å². The summed E-state index contributed by atoms with van der Waals surface area (Å²) >= 11 is 0. The zero-order valence-electron chi connectivity index (χ0n) is 19.1. The van der Waals surface area contributed by atoms with E-state index in [1.165, 1.54) is 0 Å². The summed E-state index contributed by atoms with van der Waals surface area (Å²) in [6, 6.07) is 12.2. The molecule has 0 radical (unpaired) electrons. The largest absolute Gasteiger partial charge is 0.497 e. The molecule has 2 aliphatic heterocycles. The number of carbonyl (C=O) groups excluding carboxylic acids is 2. The third-order valence-corrected chi connectivity index (χ3v) is 5.96. The quantitative estimate of drug-likeness (QED) is 0.713. The molecule has 2 aromatic carbocycles. The Balaban J connectivity index is 1.30. The summed E-state index contributed by atoms with van der Waals surface area (Å²) in [5, 5.41) is 2.93. The Morgan fingerprint density at radius 3 is 2.27 bits per heavy atom. The van der Waals surface area contributed by atoms with Crippen molar-refractivity contribution >= 4 is 17.5 Å². The van der Waals surface area contributed by atoms with Crippen molar-refractivity contribution < 1.29 is 28.5 Å². The maximum atomic E-state index is 12.9. The van der Waals surface area contributed by atoms with Gasteiger partial charge >= 0.3 is 0 Å². The van der Waals surface area contributed by atoms with E-state index in [0.717, 1.165) is 0 Å². The Morgan fingerprint density at radius 2 is 1.64 bits per heavy atom. The molecule has 9 heteroatoms. The van der Waals surface area contributed by atoms with Gasteiger partial charge < -0.3 is 29.2 Å². The molecule has 33 heavy (non-hydrogen) atoms. The monoisotopic (exact) mass is 455 g/mol. The van der Waals surface area contributed by atoms with Crippen molar-refractivity contribution in [2.45, 2.75) is 19.1 Å². The molecule has 0 bridgehead atoms. The number of carbonyl (C=O) groups is 2. The lowest BCUT2D eigenvalue weighted by Crippen LogP contribution is -2.57. The Morgan fingerprint density at radius 1 is 1.00 bits per heavy atom. The van der Waals surface area contributed by atoms with E-state index >= 15 is 0 Å². The number of para-hydroxylation sites is 2. The summed E-state index contributed by atoms with van der Waals surface area (Å²) in [5.74, 6) is 2.21. The van der Waals surface area contributed by atoms with Crippen LogP contribution in [-0.4, -0.2) is 80.8 Å². The zero-order valence-corrected chi connectivity index (χ0v) is 19.1. The van der Waals surface area contributed by atoms with Crippen molar-refractivity contribution in [3.05, 3.63) is 42.5 Å². The van der Waals surface area contributed by atoms with E-state index in [9.17, 15) is 9.59 Å². The Labute approximate surface area is 193 Å².